The van der Waals surface area contributed by atoms with Crippen molar-refractivity contribution in [1.82, 2.24) is 15.1 Å². The Morgan fingerprint density at radius 3 is 2.69 bits per heavy atom. The molecule has 0 saturated heterocycles. The molecule has 214 valence electrons. The Kier molecular flexibility index (Phi) is 12.8. The number of halogens is 1. The largest absolute Gasteiger partial charge is 0.506 e. The van der Waals surface area contributed by atoms with Crippen molar-refractivity contribution in [2.75, 3.05) is 71.0 Å². The standard InChI is InChI=1S/C29H41ClN4O5/c1-3-33(4-2)16-17-34(27(37)12-19-38-18-11-22-6-5-7-24(30)20-22)15-14-31-13-10-23-8-9-25(35)28-29(23)39-21-26(36)32-28/h5-9,20,31,35H,3-4,10-19,21H2,1-2H3,(H,32,36). The molecule has 0 saturated carbocycles. The molecule has 10 heteroatoms. The first-order valence-corrected chi connectivity index (χ1v) is 14.1. The summed E-state index contributed by atoms with van der Waals surface area (Å²) in [4.78, 5) is 28.8. The molecule has 0 fully saturated rings. The van der Waals surface area contributed by atoms with Crippen LogP contribution in [0.2, 0.25) is 5.02 Å². The van der Waals surface area contributed by atoms with E-state index in [0.29, 0.717) is 68.7 Å². The van der Waals surface area contributed by atoms with Gasteiger partial charge in [0.1, 0.15) is 11.4 Å². The maximum absolute atomic E-state index is 13.0. The van der Waals surface area contributed by atoms with Crippen LogP contribution in [0.1, 0.15) is 31.4 Å². The summed E-state index contributed by atoms with van der Waals surface area (Å²) in [5.41, 5.74) is 2.34. The second-order valence-corrected chi connectivity index (χ2v) is 9.87. The molecule has 2 aromatic rings. The number of rotatable bonds is 17. The summed E-state index contributed by atoms with van der Waals surface area (Å²) in [6.07, 6.45) is 1.76. The van der Waals surface area contributed by atoms with Crippen LogP contribution in [0.25, 0.3) is 0 Å². The molecule has 0 radical (unpaired) electrons. The van der Waals surface area contributed by atoms with Gasteiger partial charge in [0, 0.05) is 31.2 Å². The molecule has 3 N–H and O–H groups in total. The first-order valence-electron chi connectivity index (χ1n) is 13.7. The van der Waals surface area contributed by atoms with Crippen molar-refractivity contribution in [2.24, 2.45) is 0 Å². The molecule has 1 aliphatic heterocycles. The van der Waals surface area contributed by atoms with Gasteiger partial charge < -0.3 is 35.0 Å². The molecule has 0 unspecified atom stereocenters. The van der Waals surface area contributed by atoms with Gasteiger partial charge >= 0.3 is 0 Å². The van der Waals surface area contributed by atoms with Gasteiger partial charge in [-0.05, 0) is 61.8 Å². The number of aromatic hydroxyl groups is 1. The molecule has 0 atom stereocenters. The second kappa shape index (κ2) is 16.3. The molecule has 1 heterocycles. The van der Waals surface area contributed by atoms with Crippen LogP contribution < -0.4 is 15.4 Å². The minimum atomic E-state index is -0.283. The van der Waals surface area contributed by atoms with Crippen LogP contribution in [-0.2, 0) is 27.2 Å². The molecule has 2 amide bonds. The van der Waals surface area contributed by atoms with Crippen molar-refractivity contribution >= 4 is 29.1 Å². The third-order valence-corrected chi connectivity index (χ3v) is 7.01. The van der Waals surface area contributed by atoms with Gasteiger partial charge in [-0.2, -0.15) is 0 Å². The van der Waals surface area contributed by atoms with Crippen LogP contribution >= 0.6 is 11.6 Å². The van der Waals surface area contributed by atoms with Gasteiger partial charge in [0.25, 0.3) is 5.91 Å². The van der Waals surface area contributed by atoms with Gasteiger partial charge in [0.05, 0.1) is 19.6 Å². The summed E-state index contributed by atoms with van der Waals surface area (Å²) in [6, 6.07) is 11.1. The van der Waals surface area contributed by atoms with E-state index in [2.05, 4.69) is 29.4 Å². The Morgan fingerprint density at radius 2 is 1.92 bits per heavy atom. The number of fused-ring (bicyclic) bond motifs is 1. The first-order chi connectivity index (χ1) is 18.9. The Morgan fingerprint density at radius 1 is 1.10 bits per heavy atom. The number of ether oxygens (including phenoxy) is 2. The van der Waals surface area contributed by atoms with Crippen LogP contribution in [0.5, 0.6) is 11.5 Å². The summed E-state index contributed by atoms with van der Waals surface area (Å²) in [5, 5.41) is 16.8. The minimum absolute atomic E-state index is 0.00874. The number of phenols is 1. The highest BCUT2D eigenvalue weighted by atomic mass is 35.5. The fourth-order valence-electron chi connectivity index (χ4n) is 4.44. The third-order valence-electron chi connectivity index (χ3n) is 6.78. The number of nitrogens with zero attached hydrogens (tertiary/aromatic N) is 2. The molecular weight excluding hydrogens is 520 g/mol. The fraction of sp³-hybridized carbons (Fsp3) is 0.517. The number of likely N-dealkylation sites (N-methyl/N-ethyl adjacent to an activating group) is 1. The Hall–Kier alpha value is -2.85. The van der Waals surface area contributed by atoms with Crippen molar-refractivity contribution < 1.29 is 24.2 Å². The number of carbonyl (C=O) groups is 2. The monoisotopic (exact) mass is 560 g/mol. The number of hydrogen-bond donors (Lipinski definition) is 3. The number of amides is 2. The van der Waals surface area contributed by atoms with Gasteiger partial charge in [0.15, 0.2) is 12.4 Å². The number of hydrogen-bond acceptors (Lipinski definition) is 7. The topological polar surface area (TPSA) is 103 Å². The molecule has 0 aliphatic carbocycles. The quantitative estimate of drug-likeness (QED) is 0.201. The highest BCUT2D eigenvalue weighted by Gasteiger charge is 2.22. The average Bonchev–Trinajstić information content (AvgIpc) is 2.93. The van der Waals surface area contributed by atoms with E-state index in [0.717, 1.165) is 37.2 Å². The Bertz CT molecular complexity index is 1080. The molecule has 0 bridgehead atoms. The van der Waals surface area contributed by atoms with E-state index in [9.17, 15) is 14.7 Å². The van der Waals surface area contributed by atoms with Crippen LogP contribution in [0.4, 0.5) is 5.69 Å². The van der Waals surface area contributed by atoms with E-state index in [1.54, 1.807) is 12.1 Å². The molecule has 0 spiro atoms. The first kappa shape index (κ1) is 30.7. The van der Waals surface area contributed by atoms with E-state index in [-0.39, 0.29) is 24.2 Å². The molecule has 9 nitrogen and oxygen atoms in total. The van der Waals surface area contributed by atoms with Gasteiger partial charge in [-0.3, -0.25) is 9.59 Å². The summed E-state index contributed by atoms with van der Waals surface area (Å²) in [6.45, 7) is 10.4. The van der Waals surface area contributed by atoms with E-state index in [4.69, 9.17) is 21.1 Å². The average molecular weight is 561 g/mol. The molecular formula is C29H41ClN4O5. The number of benzene rings is 2. The van der Waals surface area contributed by atoms with Crippen molar-refractivity contribution in [3.05, 3.63) is 52.5 Å². The van der Waals surface area contributed by atoms with Crippen molar-refractivity contribution in [3.8, 4) is 11.5 Å². The zero-order chi connectivity index (χ0) is 28.0. The summed E-state index contributed by atoms with van der Waals surface area (Å²) in [7, 11) is 0. The van der Waals surface area contributed by atoms with Gasteiger partial charge in [0.2, 0.25) is 5.91 Å². The summed E-state index contributed by atoms with van der Waals surface area (Å²) >= 11 is 6.04. The van der Waals surface area contributed by atoms with E-state index < -0.39 is 0 Å². The van der Waals surface area contributed by atoms with Crippen LogP contribution in [0.3, 0.4) is 0 Å². The lowest BCUT2D eigenvalue weighted by atomic mass is 10.1. The summed E-state index contributed by atoms with van der Waals surface area (Å²) < 4.78 is 11.3. The lowest BCUT2D eigenvalue weighted by Gasteiger charge is -2.27. The second-order valence-electron chi connectivity index (χ2n) is 9.43. The van der Waals surface area contributed by atoms with Crippen LogP contribution in [0, 0.1) is 0 Å². The minimum Gasteiger partial charge on any atom is -0.506 e. The normalized spacial score (nSPS) is 12.7. The maximum atomic E-state index is 13.0. The number of phenolic OH excluding ortho intramolecular Hbond substituents is 1. The summed E-state index contributed by atoms with van der Waals surface area (Å²) in [5.74, 6) is 0.311. The SMILES string of the molecule is CCN(CC)CCN(CCNCCc1ccc(O)c2c1OCC(=O)N2)C(=O)CCOCCc1cccc(Cl)c1. The number of nitrogens with one attached hydrogen (secondary N) is 2. The lowest BCUT2D eigenvalue weighted by Crippen LogP contribution is -2.42. The van der Waals surface area contributed by atoms with Crippen molar-refractivity contribution in [3.63, 3.8) is 0 Å². The van der Waals surface area contributed by atoms with Crippen molar-refractivity contribution in [2.45, 2.75) is 33.1 Å². The molecule has 0 aromatic heterocycles. The molecule has 3 rings (SSSR count). The Labute approximate surface area is 236 Å². The smallest absolute Gasteiger partial charge is 0.262 e. The zero-order valence-electron chi connectivity index (χ0n) is 23.0. The van der Waals surface area contributed by atoms with Crippen molar-refractivity contribution in [1.29, 1.82) is 0 Å². The van der Waals surface area contributed by atoms with E-state index in [1.165, 1.54) is 0 Å². The van der Waals surface area contributed by atoms with Gasteiger partial charge in [-0.1, -0.05) is 43.6 Å². The highest BCUT2D eigenvalue weighted by molar-refractivity contribution is 6.30. The third kappa shape index (κ3) is 10.0. The van der Waals surface area contributed by atoms with E-state index >= 15 is 0 Å². The Balaban J connectivity index is 1.43. The lowest BCUT2D eigenvalue weighted by molar-refractivity contribution is -0.132. The molecule has 1 aliphatic rings. The highest BCUT2D eigenvalue weighted by Crippen LogP contribution is 2.39. The van der Waals surface area contributed by atoms with Gasteiger partial charge in [-0.25, -0.2) is 0 Å². The predicted octanol–water partition coefficient (Wildman–Crippen LogP) is 3.33. The number of carbonyl (C=O) groups excluding carboxylic acids is 2. The fourth-order valence-corrected chi connectivity index (χ4v) is 4.65. The van der Waals surface area contributed by atoms with Crippen LogP contribution in [0.15, 0.2) is 36.4 Å². The van der Waals surface area contributed by atoms with Crippen LogP contribution in [-0.4, -0.2) is 92.4 Å². The number of anilines is 1. The molecule has 2 aromatic carbocycles. The predicted molar refractivity (Wildman–Crippen MR) is 154 cm³/mol. The van der Waals surface area contributed by atoms with E-state index in [1.807, 2.05) is 29.2 Å². The molecule has 39 heavy (non-hydrogen) atoms. The zero-order valence-corrected chi connectivity index (χ0v) is 23.8. The maximum Gasteiger partial charge on any atom is 0.262 e. The van der Waals surface area contributed by atoms with Gasteiger partial charge in [-0.15, -0.1) is 0 Å².